The van der Waals surface area contributed by atoms with E-state index in [1.165, 1.54) is 70.6 Å². The van der Waals surface area contributed by atoms with Crippen molar-refractivity contribution in [3.05, 3.63) is 0 Å². The van der Waals surface area contributed by atoms with Crippen LogP contribution in [0.3, 0.4) is 0 Å². The maximum atomic E-state index is 11.8. The van der Waals surface area contributed by atoms with Gasteiger partial charge >= 0.3 is 17.9 Å². The molecule has 0 saturated carbocycles. The number of Topliss-reactive ketones (excluding diaryl/α,β-unsaturated/α-hetero) is 1. The highest BCUT2D eigenvalue weighted by Crippen LogP contribution is 2.13. The third-order valence-electron chi connectivity index (χ3n) is 6.75. The van der Waals surface area contributed by atoms with Gasteiger partial charge in [0.2, 0.25) is 5.78 Å². The summed E-state index contributed by atoms with van der Waals surface area (Å²) in [6, 6.07) is 0. The Hall–Kier alpha value is -2.12. The van der Waals surface area contributed by atoms with E-state index >= 15 is 0 Å². The molecule has 0 heterocycles. The number of esters is 2. The Morgan fingerprint density at radius 1 is 0.400 bits per heavy atom. The summed E-state index contributed by atoms with van der Waals surface area (Å²) in [6.45, 7) is 6.26. The quantitative estimate of drug-likeness (QED) is 0.0548. The monoisotopic (exact) mass is 648 g/mol. The van der Waals surface area contributed by atoms with Crippen LogP contribution in [0.2, 0.25) is 0 Å². The van der Waals surface area contributed by atoms with Gasteiger partial charge in [-0.2, -0.15) is 0 Å². The number of ketones is 1. The minimum atomic E-state index is -1.56. The third-order valence-corrected chi connectivity index (χ3v) is 6.75. The van der Waals surface area contributed by atoms with Gasteiger partial charge in [0, 0.05) is 12.8 Å². The molecule has 0 atom stereocenters. The first-order valence-corrected chi connectivity index (χ1v) is 16.9. The zero-order valence-electron chi connectivity index (χ0n) is 27.7. The first-order valence-electron chi connectivity index (χ1n) is 16.9. The van der Waals surface area contributed by atoms with Gasteiger partial charge in [0.1, 0.15) is 13.2 Å². The third kappa shape index (κ3) is 34.6. The smallest absolute Gasteiger partial charge is 0.372 e. The lowest BCUT2D eigenvalue weighted by molar-refractivity contribution is -0.151. The van der Waals surface area contributed by atoms with Crippen LogP contribution in [0.1, 0.15) is 110 Å². The summed E-state index contributed by atoms with van der Waals surface area (Å²) >= 11 is 0. The van der Waals surface area contributed by atoms with Crippen molar-refractivity contribution >= 4 is 23.7 Å². The summed E-state index contributed by atoms with van der Waals surface area (Å²) in [4.78, 5) is 44.4. The van der Waals surface area contributed by atoms with Crippen molar-refractivity contribution in [3.63, 3.8) is 0 Å². The minimum absolute atomic E-state index is 0.0151. The van der Waals surface area contributed by atoms with Crippen LogP contribution in [0, 0.1) is 0 Å². The Morgan fingerprint density at radius 2 is 0.711 bits per heavy atom. The van der Waals surface area contributed by atoms with Crippen LogP contribution >= 0.6 is 0 Å². The molecule has 0 radical (unpaired) electrons. The SMILES string of the molecule is CCCCCCCCCCCCCCCC(=O)OCCOCCOCCOCCOCCOCCOC(=O)CCC(=O)C(=O)O. The van der Waals surface area contributed by atoms with Gasteiger partial charge < -0.3 is 38.3 Å². The maximum Gasteiger partial charge on any atom is 0.372 e. The van der Waals surface area contributed by atoms with Gasteiger partial charge in [-0.1, -0.05) is 84.0 Å². The molecule has 264 valence electrons. The van der Waals surface area contributed by atoms with Crippen molar-refractivity contribution in [2.75, 3.05) is 79.3 Å². The molecule has 1 N–H and O–H groups in total. The van der Waals surface area contributed by atoms with Crippen LogP contribution in [0.15, 0.2) is 0 Å². The van der Waals surface area contributed by atoms with Gasteiger partial charge in [0.15, 0.2) is 0 Å². The molecule has 0 amide bonds. The van der Waals surface area contributed by atoms with Crippen LogP contribution in [0.25, 0.3) is 0 Å². The van der Waals surface area contributed by atoms with E-state index in [9.17, 15) is 19.2 Å². The predicted molar refractivity (Wildman–Crippen MR) is 168 cm³/mol. The number of hydrogen-bond acceptors (Lipinski definition) is 11. The second-order valence-corrected chi connectivity index (χ2v) is 10.7. The highest BCUT2D eigenvalue weighted by Gasteiger charge is 2.14. The van der Waals surface area contributed by atoms with Crippen molar-refractivity contribution in [2.24, 2.45) is 0 Å². The Kier molecular flexibility index (Phi) is 33.1. The number of unbranched alkanes of at least 4 members (excludes halogenated alkanes) is 12. The van der Waals surface area contributed by atoms with E-state index < -0.39 is 17.7 Å². The highest BCUT2D eigenvalue weighted by molar-refractivity contribution is 6.32. The molecule has 12 heteroatoms. The van der Waals surface area contributed by atoms with E-state index in [1.807, 2.05) is 0 Å². The number of carboxylic acids is 1. The minimum Gasteiger partial charge on any atom is -0.476 e. The molecule has 0 aliphatic rings. The number of aliphatic carboxylic acids is 1. The van der Waals surface area contributed by atoms with Crippen molar-refractivity contribution in [2.45, 2.75) is 110 Å². The molecule has 0 unspecified atom stereocenters. The second-order valence-electron chi connectivity index (χ2n) is 10.7. The highest BCUT2D eigenvalue weighted by atomic mass is 16.6. The molecule has 0 aromatic heterocycles. The number of carboxylic acid groups (broad SMARTS) is 1. The molecule has 0 aromatic carbocycles. The standard InChI is InChI=1S/C33H60O12/c1-2-3-4-5-6-7-8-9-10-11-12-13-14-15-31(35)44-28-26-42-24-22-40-20-18-39-19-21-41-23-25-43-27-29-45-32(36)17-16-30(34)33(37)38/h2-29H2,1H3,(H,37,38). The molecule has 0 saturated heterocycles. The Balaban J connectivity index is 3.22. The average Bonchev–Trinajstić information content (AvgIpc) is 3.03. The maximum absolute atomic E-state index is 11.8. The Bertz CT molecular complexity index is 716. The fraction of sp³-hybridized carbons (Fsp3) is 0.879. The lowest BCUT2D eigenvalue weighted by atomic mass is 10.0. The van der Waals surface area contributed by atoms with Crippen LogP contribution in [-0.2, 0) is 52.3 Å². The normalized spacial score (nSPS) is 11.0. The summed E-state index contributed by atoms with van der Waals surface area (Å²) in [6.07, 6.45) is 16.5. The number of rotatable bonds is 36. The molecule has 0 rings (SSSR count). The largest absolute Gasteiger partial charge is 0.476 e. The molecule has 45 heavy (non-hydrogen) atoms. The summed E-state index contributed by atoms with van der Waals surface area (Å²) in [5.74, 6) is -3.39. The van der Waals surface area contributed by atoms with E-state index in [1.54, 1.807) is 0 Å². The molecular weight excluding hydrogens is 588 g/mol. The molecule has 0 aliphatic carbocycles. The van der Waals surface area contributed by atoms with Gasteiger partial charge in [0.25, 0.3) is 0 Å². The summed E-state index contributed by atoms with van der Waals surface area (Å²) in [7, 11) is 0. The Labute approximate surface area is 270 Å². The van der Waals surface area contributed by atoms with Gasteiger partial charge in [0.05, 0.1) is 72.5 Å². The second kappa shape index (κ2) is 34.7. The van der Waals surface area contributed by atoms with Gasteiger partial charge in [-0.15, -0.1) is 0 Å². The first-order chi connectivity index (χ1) is 22.0. The van der Waals surface area contributed by atoms with Crippen molar-refractivity contribution < 1.29 is 57.4 Å². The Morgan fingerprint density at radius 3 is 1.07 bits per heavy atom. The van der Waals surface area contributed by atoms with E-state index in [0.717, 1.165) is 12.8 Å². The summed E-state index contributed by atoms with van der Waals surface area (Å²) < 4.78 is 36.9. The summed E-state index contributed by atoms with van der Waals surface area (Å²) in [5, 5.41) is 8.44. The number of ether oxygens (including phenoxy) is 7. The molecule has 0 fully saturated rings. The van der Waals surface area contributed by atoms with Crippen LogP contribution in [0.4, 0.5) is 0 Å². The topological polar surface area (TPSA) is 153 Å². The van der Waals surface area contributed by atoms with E-state index in [0.29, 0.717) is 65.9 Å². The molecule has 0 bridgehead atoms. The number of carbonyl (C=O) groups is 4. The van der Waals surface area contributed by atoms with Crippen LogP contribution in [-0.4, -0.2) is 108 Å². The van der Waals surface area contributed by atoms with Gasteiger partial charge in [-0.3, -0.25) is 14.4 Å². The zero-order chi connectivity index (χ0) is 33.1. The van der Waals surface area contributed by atoms with E-state index in [-0.39, 0.29) is 38.6 Å². The zero-order valence-corrected chi connectivity index (χ0v) is 27.7. The van der Waals surface area contributed by atoms with Crippen LogP contribution < -0.4 is 0 Å². The lowest BCUT2D eigenvalue weighted by Gasteiger charge is -2.08. The lowest BCUT2D eigenvalue weighted by Crippen LogP contribution is -2.17. The van der Waals surface area contributed by atoms with Gasteiger partial charge in [-0.25, -0.2) is 4.79 Å². The first kappa shape index (κ1) is 42.9. The van der Waals surface area contributed by atoms with Crippen molar-refractivity contribution in [1.82, 2.24) is 0 Å². The fourth-order valence-corrected chi connectivity index (χ4v) is 4.16. The number of carbonyl (C=O) groups excluding carboxylic acids is 3. The number of hydrogen-bond donors (Lipinski definition) is 1. The average molecular weight is 649 g/mol. The summed E-state index contributed by atoms with van der Waals surface area (Å²) in [5.41, 5.74) is 0. The van der Waals surface area contributed by atoms with E-state index in [4.69, 9.17) is 38.3 Å². The fourth-order valence-electron chi connectivity index (χ4n) is 4.16. The predicted octanol–water partition coefficient (Wildman–Crippen LogP) is 5.07. The van der Waals surface area contributed by atoms with Gasteiger partial charge in [-0.05, 0) is 6.42 Å². The van der Waals surface area contributed by atoms with Crippen LogP contribution in [0.5, 0.6) is 0 Å². The molecule has 0 aliphatic heterocycles. The molecule has 0 aromatic rings. The molecule has 0 spiro atoms. The van der Waals surface area contributed by atoms with Crippen molar-refractivity contribution in [3.8, 4) is 0 Å². The van der Waals surface area contributed by atoms with E-state index in [2.05, 4.69) is 6.92 Å². The van der Waals surface area contributed by atoms with Crippen molar-refractivity contribution in [1.29, 1.82) is 0 Å². The molecule has 12 nitrogen and oxygen atoms in total. The molecular formula is C33H60O12.